The Kier molecular flexibility index (Phi) is 7.95. The molecule has 0 bridgehead atoms. The van der Waals surface area contributed by atoms with Crippen molar-refractivity contribution in [2.75, 3.05) is 6.61 Å². The van der Waals surface area contributed by atoms with Crippen molar-refractivity contribution in [1.29, 1.82) is 0 Å². The predicted molar refractivity (Wildman–Crippen MR) is 115 cm³/mol. The fourth-order valence-corrected chi connectivity index (χ4v) is 3.10. The predicted octanol–water partition coefficient (Wildman–Crippen LogP) is 1.33. The highest BCUT2D eigenvalue weighted by atomic mass is 16.6. The Balaban J connectivity index is 2.59. The third kappa shape index (κ3) is 5.03. The zero-order valence-electron chi connectivity index (χ0n) is 18.3. The molecule has 1 aromatic rings. The van der Waals surface area contributed by atoms with Gasteiger partial charge in [-0.25, -0.2) is 9.59 Å². The van der Waals surface area contributed by atoms with Crippen molar-refractivity contribution in [2.24, 2.45) is 16.8 Å². The van der Waals surface area contributed by atoms with Gasteiger partial charge in [0.1, 0.15) is 11.5 Å². The Morgan fingerprint density at radius 2 is 1.82 bits per heavy atom. The second-order valence-electron chi connectivity index (χ2n) is 6.99. The van der Waals surface area contributed by atoms with Gasteiger partial charge < -0.3 is 25.5 Å². The van der Waals surface area contributed by atoms with E-state index in [1.165, 1.54) is 26.0 Å². The van der Waals surface area contributed by atoms with Crippen molar-refractivity contribution < 1.29 is 39.0 Å². The van der Waals surface area contributed by atoms with Gasteiger partial charge in [-0.2, -0.15) is 0 Å². The van der Waals surface area contributed by atoms with E-state index < -0.39 is 35.3 Å². The van der Waals surface area contributed by atoms with Crippen LogP contribution in [0.2, 0.25) is 0 Å². The first-order chi connectivity index (χ1) is 15.6. The molecule has 1 aliphatic carbocycles. The van der Waals surface area contributed by atoms with Crippen molar-refractivity contribution in [1.82, 2.24) is 5.32 Å². The van der Waals surface area contributed by atoms with Gasteiger partial charge in [0.25, 0.3) is 5.91 Å². The lowest BCUT2D eigenvalue weighted by molar-refractivity contribution is -0.171. The van der Waals surface area contributed by atoms with Gasteiger partial charge in [0.15, 0.2) is 0 Å². The molecule has 0 radical (unpaired) electrons. The van der Waals surface area contributed by atoms with Crippen LogP contribution in [0.5, 0.6) is 0 Å². The highest BCUT2D eigenvalue weighted by molar-refractivity contribution is 6.12. The number of Topliss-reactive ketones (excluding diaryl/α,β-unsaturated/α-hetero) is 1. The zero-order chi connectivity index (χ0) is 24.8. The summed E-state index contributed by atoms with van der Waals surface area (Å²) in [4.78, 5) is 50.2. The molecule has 0 heterocycles. The second-order valence-corrected chi connectivity index (χ2v) is 6.99. The minimum Gasteiger partial charge on any atom is -0.476 e. The van der Waals surface area contributed by atoms with Crippen LogP contribution in [-0.2, 0) is 23.9 Å². The number of amides is 1. The number of aliphatic carboxylic acids is 1. The summed E-state index contributed by atoms with van der Waals surface area (Å²) in [5.74, 6) is -5.71. The number of allylic oxidation sites excluding steroid dienone is 2. The first-order valence-electron chi connectivity index (χ1n) is 10.1. The van der Waals surface area contributed by atoms with Gasteiger partial charge in [0.2, 0.25) is 5.78 Å². The normalized spacial score (nSPS) is 18.7. The first-order valence-corrected chi connectivity index (χ1v) is 10.1. The number of ketones is 1. The standard InChI is InChI=1S/C22H25N3O8/c1-4-16(26)22(21(29)30,24-19(27)13-9-7-6-8-10-13)33-15-11-14(20(28)32-5-2)17(23)18(25-31)12(15)3/h6-12,31H,4-5,23H2,1-3H3,(H,24,27)(H,29,30). The van der Waals surface area contributed by atoms with Crippen molar-refractivity contribution >= 4 is 29.3 Å². The van der Waals surface area contributed by atoms with E-state index >= 15 is 0 Å². The minimum atomic E-state index is -2.83. The van der Waals surface area contributed by atoms with Crippen LogP contribution < -0.4 is 11.1 Å². The maximum absolute atomic E-state index is 12.8. The number of hydrogen-bond donors (Lipinski definition) is 4. The molecule has 2 unspecified atom stereocenters. The van der Waals surface area contributed by atoms with Gasteiger partial charge in [-0.3, -0.25) is 14.9 Å². The van der Waals surface area contributed by atoms with Crippen LogP contribution in [0.1, 0.15) is 37.6 Å². The Hall–Kier alpha value is -4.15. The van der Waals surface area contributed by atoms with E-state index in [0.717, 1.165) is 6.08 Å². The number of carbonyl (C=O) groups excluding carboxylic acids is 3. The van der Waals surface area contributed by atoms with E-state index in [9.17, 15) is 29.5 Å². The van der Waals surface area contributed by atoms with Crippen molar-refractivity contribution in [3.05, 3.63) is 59.0 Å². The lowest BCUT2D eigenvalue weighted by atomic mass is 9.90. The molecule has 1 aliphatic rings. The fourth-order valence-electron chi connectivity index (χ4n) is 3.10. The average molecular weight is 459 g/mol. The smallest absolute Gasteiger partial charge is 0.378 e. The Morgan fingerprint density at radius 3 is 2.33 bits per heavy atom. The molecule has 5 N–H and O–H groups in total. The molecule has 2 rings (SSSR count). The van der Waals surface area contributed by atoms with Crippen LogP contribution in [0.15, 0.2) is 58.6 Å². The fraction of sp³-hybridized carbons (Fsp3) is 0.318. The number of carbonyl (C=O) groups is 4. The molecule has 2 atom stereocenters. The Morgan fingerprint density at radius 1 is 1.18 bits per heavy atom. The summed E-state index contributed by atoms with van der Waals surface area (Å²) in [6.45, 7) is 4.44. The number of rotatable bonds is 9. The van der Waals surface area contributed by atoms with Crippen LogP contribution in [0.4, 0.5) is 0 Å². The van der Waals surface area contributed by atoms with Gasteiger partial charge in [0, 0.05) is 12.0 Å². The molecule has 11 nitrogen and oxygen atoms in total. The lowest BCUT2D eigenvalue weighted by Crippen LogP contribution is -2.62. The molecule has 33 heavy (non-hydrogen) atoms. The van der Waals surface area contributed by atoms with Crippen LogP contribution in [0, 0.1) is 5.92 Å². The van der Waals surface area contributed by atoms with Gasteiger partial charge in [-0.05, 0) is 32.1 Å². The number of esters is 1. The monoisotopic (exact) mass is 459 g/mol. The number of ether oxygens (including phenoxy) is 2. The van der Waals surface area contributed by atoms with E-state index in [1.807, 2.05) is 0 Å². The molecule has 11 heteroatoms. The van der Waals surface area contributed by atoms with Crippen LogP contribution >= 0.6 is 0 Å². The van der Waals surface area contributed by atoms with E-state index in [4.69, 9.17) is 15.2 Å². The molecular formula is C22H25N3O8. The molecule has 1 amide bonds. The van der Waals surface area contributed by atoms with Crippen molar-refractivity contribution in [3.8, 4) is 0 Å². The number of nitrogens with two attached hydrogens (primary N) is 1. The summed E-state index contributed by atoms with van der Waals surface area (Å²) in [6, 6.07) is 7.65. The molecule has 176 valence electrons. The molecule has 0 saturated carbocycles. The van der Waals surface area contributed by atoms with Crippen LogP contribution in [0.25, 0.3) is 0 Å². The topological polar surface area (TPSA) is 178 Å². The number of oxime groups is 1. The molecule has 0 saturated heterocycles. The number of nitrogens with zero attached hydrogens (tertiary/aromatic N) is 1. The first kappa shape index (κ1) is 25.1. The summed E-state index contributed by atoms with van der Waals surface area (Å²) >= 11 is 0. The van der Waals surface area contributed by atoms with E-state index in [0.29, 0.717) is 0 Å². The molecule has 0 spiro atoms. The van der Waals surface area contributed by atoms with E-state index in [1.54, 1.807) is 25.1 Å². The average Bonchev–Trinajstić information content (AvgIpc) is 2.80. The molecular weight excluding hydrogens is 434 g/mol. The van der Waals surface area contributed by atoms with E-state index in [-0.39, 0.29) is 41.3 Å². The maximum atomic E-state index is 12.8. The summed E-state index contributed by atoms with van der Waals surface area (Å²) in [5.41, 5.74) is 2.53. The molecule has 0 aliphatic heterocycles. The summed E-state index contributed by atoms with van der Waals surface area (Å²) in [6.07, 6.45) is 0.800. The zero-order valence-corrected chi connectivity index (χ0v) is 18.3. The number of nitrogens with one attached hydrogen (secondary N) is 1. The Bertz CT molecular complexity index is 1040. The largest absolute Gasteiger partial charge is 0.476 e. The SMILES string of the molecule is CCOC(=O)C1=C(N)C(=NO)C(C)C(OC(NC(=O)c2ccccc2)(C(=O)O)C(=O)CC)=C1. The summed E-state index contributed by atoms with van der Waals surface area (Å²) < 4.78 is 10.6. The van der Waals surface area contributed by atoms with E-state index in [2.05, 4.69) is 10.5 Å². The Labute approximate surface area is 189 Å². The number of carboxylic acids is 1. The van der Waals surface area contributed by atoms with Crippen LogP contribution in [0.3, 0.4) is 0 Å². The van der Waals surface area contributed by atoms with Crippen LogP contribution in [-0.4, -0.2) is 52.0 Å². The highest BCUT2D eigenvalue weighted by Gasteiger charge is 2.51. The van der Waals surface area contributed by atoms with Crippen molar-refractivity contribution in [2.45, 2.75) is 32.9 Å². The molecule has 0 aromatic heterocycles. The molecule has 0 fully saturated rings. The number of hydrogen-bond acceptors (Lipinski definition) is 9. The number of carboxylic acid groups (broad SMARTS) is 1. The summed E-state index contributed by atoms with van der Waals surface area (Å²) in [5, 5.41) is 24.6. The third-order valence-corrected chi connectivity index (χ3v) is 4.90. The molecule has 1 aromatic carbocycles. The van der Waals surface area contributed by atoms with Gasteiger partial charge in [-0.15, -0.1) is 0 Å². The lowest BCUT2D eigenvalue weighted by Gasteiger charge is -2.33. The third-order valence-electron chi connectivity index (χ3n) is 4.90. The minimum absolute atomic E-state index is 0.0152. The second kappa shape index (κ2) is 10.4. The maximum Gasteiger partial charge on any atom is 0.378 e. The number of benzene rings is 1. The quantitative estimate of drug-likeness (QED) is 0.139. The van der Waals surface area contributed by atoms with Gasteiger partial charge >= 0.3 is 17.7 Å². The van der Waals surface area contributed by atoms with Crippen molar-refractivity contribution in [3.63, 3.8) is 0 Å². The van der Waals surface area contributed by atoms with Gasteiger partial charge in [0.05, 0.1) is 23.8 Å². The van der Waals surface area contributed by atoms with Gasteiger partial charge in [-0.1, -0.05) is 30.3 Å². The highest BCUT2D eigenvalue weighted by Crippen LogP contribution is 2.30. The summed E-state index contributed by atoms with van der Waals surface area (Å²) in [7, 11) is 0.